The third-order valence-electron chi connectivity index (χ3n) is 5.66. The monoisotopic (exact) mass is 510 g/mol. The van der Waals surface area contributed by atoms with E-state index in [2.05, 4.69) is 14.7 Å². The summed E-state index contributed by atoms with van der Waals surface area (Å²) in [6, 6.07) is 18.4. The Morgan fingerprint density at radius 2 is 1.80 bits per heavy atom. The minimum Gasteiger partial charge on any atom is -0.362 e. The molecular weight excluding hydrogens is 488 g/mol. The van der Waals surface area contributed by atoms with Crippen LogP contribution in [0.4, 0.5) is 11.4 Å². The average Bonchev–Trinajstić information content (AvgIpc) is 2.84. The number of hydrogen-bond acceptors (Lipinski definition) is 7. The van der Waals surface area contributed by atoms with Gasteiger partial charge in [-0.1, -0.05) is 6.07 Å². The highest BCUT2D eigenvalue weighted by Crippen LogP contribution is 2.29. The second kappa shape index (κ2) is 8.91. The Bertz CT molecular complexity index is 1620. The molecule has 1 N–H and O–H groups in total. The molecule has 4 aromatic rings. The van der Waals surface area contributed by atoms with Crippen LogP contribution in [0, 0.1) is 6.92 Å². The molecule has 2 aromatic carbocycles. The van der Waals surface area contributed by atoms with Crippen LogP contribution in [-0.4, -0.2) is 45.9 Å². The van der Waals surface area contributed by atoms with E-state index in [4.69, 9.17) is 4.74 Å². The first kappa shape index (κ1) is 23.2. The van der Waals surface area contributed by atoms with Crippen molar-refractivity contribution in [1.29, 1.82) is 0 Å². The molecule has 0 bridgehead atoms. The second-order valence-electron chi connectivity index (χ2n) is 8.08. The molecule has 0 spiro atoms. The van der Waals surface area contributed by atoms with Crippen LogP contribution in [0.3, 0.4) is 0 Å². The Kier molecular flexibility index (Phi) is 5.91. The summed E-state index contributed by atoms with van der Waals surface area (Å²) >= 11 is 0. The van der Waals surface area contributed by atoms with Crippen molar-refractivity contribution in [2.45, 2.75) is 11.8 Å². The normalized spacial score (nSPS) is 15.7. The van der Waals surface area contributed by atoms with Crippen molar-refractivity contribution in [2.24, 2.45) is 0 Å². The van der Waals surface area contributed by atoms with Crippen molar-refractivity contribution in [3.63, 3.8) is 0 Å². The van der Waals surface area contributed by atoms with Gasteiger partial charge >= 0.3 is 0 Å². The van der Waals surface area contributed by atoms with Crippen molar-refractivity contribution in [2.75, 3.05) is 28.1 Å². The van der Waals surface area contributed by atoms with E-state index in [0.717, 1.165) is 22.2 Å². The smallest absolute Gasteiger partial charge is 0.261 e. The summed E-state index contributed by atoms with van der Waals surface area (Å²) in [5.74, 6) is -0.396. The van der Waals surface area contributed by atoms with E-state index in [-0.39, 0.29) is 18.0 Å². The number of nitrogens with zero attached hydrogens (tertiary/aromatic N) is 3. The third kappa shape index (κ3) is 4.70. The summed E-state index contributed by atoms with van der Waals surface area (Å²) in [6.07, 6.45) is 1.71. The van der Waals surface area contributed by atoms with E-state index < -0.39 is 26.0 Å². The summed E-state index contributed by atoms with van der Waals surface area (Å²) in [7, 11) is -7.50. The fourth-order valence-electron chi connectivity index (χ4n) is 3.88. The highest BCUT2D eigenvalue weighted by Gasteiger charge is 2.27. The molecule has 5 rings (SSSR count). The predicted molar refractivity (Wildman–Crippen MR) is 134 cm³/mol. The Balaban J connectivity index is 1.41. The van der Waals surface area contributed by atoms with E-state index >= 15 is 0 Å². The first-order chi connectivity index (χ1) is 16.7. The lowest BCUT2D eigenvalue weighted by Gasteiger charge is -2.28. The number of fused-ring (bicyclic) bond motifs is 1. The number of benzene rings is 2. The molecule has 0 saturated carbocycles. The molecule has 1 saturated heterocycles. The largest absolute Gasteiger partial charge is 0.362 e. The van der Waals surface area contributed by atoms with Crippen LogP contribution < -0.4 is 9.03 Å². The van der Waals surface area contributed by atoms with Gasteiger partial charge < -0.3 is 4.74 Å². The Labute approximate surface area is 203 Å². The van der Waals surface area contributed by atoms with Gasteiger partial charge in [-0.3, -0.25) is 14.0 Å². The van der Waals surface area contributed by atoms with Crippen LogP contribution >= 0.6 is 0 Å². The van der Waals surface area contributed by atoms with Gasteiger partial charge in [0.25, 0.3) is 20.0 Å². The third-order valence-corrected chi connectivity index (χ3v) is 8.59. The van der Waals surface area contributed by atoms with Crippen LogP contribution in [0.25, 0.3) is 22.3 Å². The second-order valence-corrected chi connectivity index (χ2v) is 11.6. The van der Waals surface area contributed by atoms with Crippen LogP contribution in [0.15, 0.2) is 77.8 Å². The van der Waals surface area contributed by atoms with Crippen LogP contribution in [0.5, 0.6) is 0 Å². The van der Waals surface area contributed by atoms with Gasteiger partial charge in [0.15, 0.2) is 5.94 Å². The lowest BCUT2D eigenvalue weighted by Crippen LogP contribution is -2.41. The molecule has 1 aliphatic rings. The van der Waals surface area contributed by atoms with E-state index in [9.17, 15) is 16.8 Å². The molecule has 0 radical (unpaired) electrons. The molecule has 35 heavy (non-hydrogen) atoms. The maximum absolute atomic E-state index is 13.0. The van der Waals surface area contributed by atoms with Gasteiger partial charge in [-0.25, -0.2) is 21.8 Å². The van der Waals surface area contributed by atoms with Gasteiger partial charge in [-0.2, -0.15) is 0 Å². The zero-order valence-electron chi connectivity index (χ0n) is 18.7. The van der Waals surface area contributed by atoms with Gasteiger partial charge in [-0.05, 0) is 73.2 Å². The molecule has 0 aliphatic carbocycles. The standard InChI is InChI=1S/C24H22N4O5S2/c1-17-4-5-18(15-21(17)22-10-11-23-24(26-22)3-2-12-25-23)27-35(31,32)20-8-6-19(7-9-20)28-13-14-33-16-34(28,29)30/h2-12,15,27H,13-14,16H2,1H3. The van der Waals surface area contributed by atoms with E-state index in [1.165, 1.54) is 28.6 Å². The SMILES string of the molecule is Cc1ccc(NS(=O)(=O)c2ccc(N3CCOCS3(=O)=O)cc2)cc1-c1ccc2ncccc2n1. The predicted octanol–water partition coefficient (Wildman–Crippen LogP) is 3.53. The van der Waals surface area contributed by atoms with Gasteiger partial charge in [0, 0.05) is 17.4 Å². The number of pyridine rings is 2. The average molecular weight is 511 g/mol. The van der Waals surface area contributed by atoms with Crippen molar-refractivity contribution < 1.29 is 21.6 Å². The molecule has 1 aliphatic heterocycles. The molecule has 9 nitrogen and oxygen atoms in total. The summed E-state index contributed by atoms with van der Waals surface area (Å²) < 4.78 is 59.3. The molecule has 0 atom stereocenters. The quantitative estimate of drug-likeness (QED) is 0.436. The lowest BCUT2D eigenvalue weighted by molar-refractivity contribution is 0.175. The number of nitrogens with one attached hydrogen (secondary N) is 1. The Morgan fingerprint density at radius 3 is 2.57 bits per heavy atom. The zero-order valence-corrected chi connectivity index (χ0v) is 20.4. The number of aromatic nitrogens is 2. The minimum absolute atomic E-state index is 0.0175. The van der Waals surface area contributed by atoms with Crippen molar-refractivity contribution in [3.8, 4) is 11.3 Å². The fourth-order valence-corrected chi connectivity index (χ4v) is 6.18. The molecule has 2 aromatic heterocycles. The van der Waals surface area contributed by atoms with Crippen molar-refractivity contribution >= 4 is 42.5 Å². The molecule has 11 heteroatoms. The Hall–Kier alpha value is -3.54. The molecule has 3 heterocycles. The number of aryl methyl sites for hydroxylation is 1. The first-order valence-corrected chi connectivity index (χ1v) is 13.9. The van der Waals surface area contributed by atoms with Gasteiger partial charge in [0.2, 0.25) is 0 Å². The van der Waals surface area contributed by atoms with E-state index in [1.54, 1.807) is 18.3 Å². The topological polar surface area (TPSA) is 119 Å². The van der Waals surface area contributed by atoms with E-state index in [0.29, 0.717) is 17.1 Å². The molecule has 180 valence electrons. The summed E-state index contributed by atoms with van der Waals surface area (Å²) in [5, 5.41) is 0. The van der Waals surface area contributed by atoms with Gasteiger partial charge in [0.1, 0.15) is 0 Å². The van der Waals surface area contributed by atoms with Crippen LogP contribution in [0.2, 0.25) is 0 Å². The lowest BCUT2D eigenvalue weighted by atomic mass is 10.0. The van der Waals surface area contributed by atoms with Gasteiger partial charge in [0.05, 0.1) is 40.5 Å². The number of rotatable bonds is 5. The Morgan fingerprint density at radius 1 is 1.00 bits per heavy atom. The summed E-state index contributed by atoms with van der Waals surface area (Å²) in [4.78, 5) is 8.97. The highest BCUT2D eigenvalue weighted by atomic mass is 32.2. The first-order valence-electron chi connectivity index (χ1n) is 10.8. The number of hydrogen-bond donors (Lipinski definition) is 1. The number of anilines is 2. The summed E-state index contributed by atoms with van der Waals surface area (Å²) in [5.41, 5.74) is 4.75. The molecule has 0 unspecified atom stereocenters. The molecular formula is C24H22N4O5S2. The van der Waals surface area contributed by atoms with Crippen molar-refractivity contribution in [3.05, 3.63) is 78.5 Å². The number of ether oxygens (including phenoxy) is 1. The van der Waals surface area contributed by atoms with Crippen LogP contribution in [0.1, 0.15) is 5.56 Å². The fraction of sp³-hybridized carbons (Fsp3) is 0.167. The highest BCUT2D eigenvalue weighted by molar-refractivity contribution is 7.93. The maximum atomic E-state index is 13.0. The van der Waals surface area contributed by atoms with Crippen molar-refractivity contribution in [1.82, 2.24) is 9.97 Å². The summed E-state index contributed by atoms with van der Waals surface area (Å²) in [6.45, 7) is 2.39. The molecule has 0 amide bonds. The van der Waals surface area contributed by atoms with E-state index in [1.807, 2.05) is 37.3 Å². The maximum Gasteiger partial charge on any atom is 0.261 e. The van der Waals surface area contributed by atoms with Crippen LogP contribution in [-0.2, 0) is 24.8 Å². The van der Waals surface area contributed by atoms with Gasteiger partial charge in [-0.15, -0.1) is 0 Å². The minimum atomic E-state index is -3.91. The molecule has 1 fully saturated rings. The number of sulfonamides is 2. The zero-order chi connectivity index (χ0) is 24.6.